The van der Waals surface area contributed by atoms with Crippen LogP contribution in [0.5, 0.6) is 0 Å². The molecule has 4 heteroatoms. The Hall–Kier alpha value is -1.55. The molecular formula is C15H22N2O2. The molecule has 0 spiro atoms. The van der Waals surface area contributed by atoms with E-state index in [-0.39, 0.29) is 18.7 Å². The van der Waals surface area contributed by atoms with Gasteiger partial charge in [0, 0.05) is 26.7 Å². The van der Waals surface area contributed by atoms with Gasteiger partial charge in [0.2, 0.25) is 0 Å². The van der Waals surface area contributed by atoms with Crippen LogP contribution in [0, 0.1) is 13.8 Å². The predicted molar refractivity (Wildman–Crippen MR) is 75.1 cm³/mol. The first kappa shape index (κ1) is 13.9. The number of rotatable bonds is 4. The van der Waals surface area contributed by atoms with Gasteiger partial charge in [0.25, 0.3) is 0 Å². The van der Waals surface area contributed by atoms with Crippen LogP contribution >= 0.6 is 0 Å². The molecule has 2 rings (SSSR count). The van der Waals surface area contributed by atoms with Crippen molar-refractivity contribution in [3.8, 4) is 0 Å². The monoisotopic (exact) mass is 262 g/mol. The second-order valence-corrected chi connectivity index (χ2v) is 5.28. The van der Waals surface area contributed by atoms with Gasteiger partial charge >= 0.3 is 6.03 Å². The van der Waals surface area contributed by atoms with Crippen LogP contribution in [0.2, 0.25) is 0 Å². The standard InChI is InChI=1S/C15H22N2O2/c1-11-5-6-13(9-12(11)2)14-10-17(7-4-8-18)15(19)16(14)3/h5-6,9,14,18H,4,7-8,10H2,1-3H3. The Labute approximate surface area is 114 Å². The van der Waals surface area contributed by atoms with E-state index in [1.54, 1.807) is 4.90 Å². The van der Waals surface area contributed by atoms with Crippen LogP contribution in [-0.2, 0) is 0 Å². The normalized spacial score (nSPS) is 19.4. The number of likely N-dealkylation sites (N-methyl/N-ethyl adjacent to an activating group) is 1. The van der Waals surface area contributed by atoms with Gasteiger partial charge in [-0.25, -0.2) is 4.79 Å². The SMILES string of the molecule is Cc1ccc(C2CN(CCCO)C(=O)N2C)cc1C. The van der Waals surface area contributed by atoms with Crippen LogP contribution in [0.25, 0.3) is 0 Å². The summed E-state index contributed by atoms with van der Waals surface area (Å²) < 4.78 is 0. The molecule has 1 N–H and O–H groups in total. The highest BCUT2D eigenvalue weighted by molar-refractivity contribution is 5.77. The van der Waals surface area contributed by atoms with Gasteiger partial charge in [-0.15, -0.1) is 0 Å². The summed E-state index contributed by atoms with van der Waals surface area (Å²) in [6, 6.07) is 6.55. The summed E-state index contributed by atoms with van der Waals surface area (Å²) in [5.74, 6) is 0. The molecule has 2 amide bonds. The number of carbonyl (C=O) groups is 1. The molecular weight excluding hydrogens is 240 g/mol. The van der Waals surface area contributed by atoms with Gasteiger partial charge in [-0.3, -0.25) is 0 Å². The topological polar surface area (TPSA) is 43.8 Å². The van der Waals surface area contributed by atoms with E-state index in [1.165, 1.54) is 16.7 Å². The lowest BCUT2D eigenvalue weighted by atomic mass is 10.0. The molecule has 1 unspecified atom stereocenters. The fourth-order valence-corrected chi connectivity index (χ4v) is 2.52. The molecule has 0 aliphatic carbocycles. The van der Waals surface area contributed by atoms with E-state index in [1.807, 2.05) is 11.9 Å². The molecule has 1 aliphatic rings. The first-order valence-corrected chi connectivity index (χ1v) is 6.74. The summed E-state index contributed by atoms with van der Waals surface area (Å²) in [6.07, 6.45) is 0.638. The fourth-order valence-electron chi connectivity index (χ4n) is 2.52. The van der Waals surface area contributed by atoms with Gasteiger partial charge in [0.1, 0.15) is 0 Å². The third kappa shape index (κ3) is 2.73. The van der Waals surface area contributed by atoms with Crippen LogP contribution < -0.4 is 0 Å². The molecule has 1 fully saturated rings. The number of urea groups is 1. The molecule has 1 heterocycles. The average Bonchev–Trinajstić information content (AvgIpc) is 2.67. The first-order chi connectivity index (χ1) is 9.04. The van der Waals surface area contributed by atoms with Crippen LogP contribution in [0.1, 0.15) is 29.2 Å². The molecule has 0 aromatic heterocycles. The zero-order chi connectivity index (χ0) is 14.0. The van der Waals surface area contributed by atoms with Crippen molar-refractivity contribution in [2.45, 2.75) is 26.3 Å². The van der Waals surface area contributed by atoms with Crippen LogP contribution in [0.15, 0.2) is 18.2 Å². The minimum Gasteiger partial charge on any atom is -0.396 e. The zero-order valence-corrected chi connectivity index (χ0v) is 11.9. The highest BCUT2D eigenvalue weighted by atomic mass is 16.3. The van der Waals surface area contributed by atoms with Gasteiger partial charge < -0.3 is 14.9 Å². The van der Waals surface area contributed by atoms with Crippen LogP contribution in [0.3, 0.4) is 0 Å². The third-order valence-electron chi connectivity index (χ3n) is 3.93. The van der Waals surface area contributed by atoms with Crippen molar-refractivity contribution in [2.75, 3.05) is 26.7 Å². The lowest BCUT2D eigenvalue weighted by Gasteiger charge is -2.19. The maximum atomic E-state index is 12.1. The zero-order valence-electron chi connectivity index (χ0n) is 11.9. The van der Waals surface area contributed by atoms with Gasteiger partial charge in [0.15, 0.2) is 0 Å². The fraction of sp³-hybridized carbons (Fsp3) is 0.533. The van der Waals surface area contributed by atoms with E-state index in [0.29, 0.717) is 19.5 Å². The molecule has 0 bridgehead atoms. The van der Waals surface area contributed by atoms with E-state index in [9.17, 15) is 4.79 Å². The molecule has 0 saturated carbocycles. The Morgan fingerprint density at radius 1 is 1.32 bits per heavy atom. The number of aliphatic hydroxyl groups excluding tert-OH is 1. The van der Waals surface area contributed by atoms with Crippen LogP contribution in [-0.4, -0.2) is 47.7 Å². The van der Waals surface area contributed by atoms with Crippen molar-refractivity contribution in [1.82, 2.24) is 9.80 Å². The van der Waals surface area contributed by atoms with E-state index in [0.717, 1.165) is 0 Å². The van der Waals surface area contributed by atoms with E-state index >= 15 is 0 Å². The van der Waals surface area contributed by atoms with Crippen LogP contribution in [0.4, 0.5) is 4.79 Å². The number of carbonyl (C=O) groups excluding carboxylic acids is 1. The largest absolute Gasteiger partial charge is 0.396 e. The maximum Gasteiger partial charge on any atom is 0.320 e. The molecule has 1 saturated heterocycles. The summed E-state index contributed by atoms with van der Waals surface area (Å²) in [4.78, 5) is 15.7. The highest BCUT2D eigenvalue weighted by Crippen LogP contribution is 2.29. The number of aryl methyl sites for hydroxylation is 2. The number of hydrogen-bond donors (Lipinski definition) is 1. The lowest BCUT2D eigenvalue weighted by molar-refractivity contribution is 0.191. The molecule has 1 atom stereocenters. The molecule has 4 nitrogen and oxygen atoms in total. The first-order valence-electron chi connectivity index (χ1n) is 6.74. The predicted octanol–water partition coefficient (Wildman–Crippen LogP) is 2.09. The second-order valence-electron chi connectivity index (χ2n) is 5.28. The summed E-state index contributed by atoms with van der Waals surface area (Å²) in [6.45, 7) is 5.65. The Morgan fingerprint density at radius 3 is 2.68 bits per heavy atom. The number of benzene rings is 1. The molecule has 0 radical (unpaired) electrons. The van der Waals surface area contributed by atoms with Crippen molar-refractivity contribution < 1.29 is 9.90 Å². The lowest BCUT2D eigenvalue weighted by Crippen LogP contribution is -2.30. The maximum absolute atomic E-state index is 12.1. The Morgan fingerprint density at radius 2 is 2.05 bits per heavy atom. The molecule has 19 heavy (non-hydrogen) atoms. The number of hydrogen-bond acceptors (Lipinski definition) is 2. The molecule has 1 aromatic rings. The van der Waals surface area contributed by atoms with Gasteiger partial charge in [-0.2, -0.15) is 0 Å². The van der Waals surface area contributed by atoms with Crippen molar-refractivity contribution in [3.05, 3.63) is 34.9 Å². The molecule has 104 valence electrons. The van der Waals surface area contributed by atoms with Crippen molar-refractivity contribution in [3.63, 3.8) is 0 Å². The van der Waals surface area contributed by atoms with Gasteiger partial charge in [-0.05, 0) is 37.0 Å². The number of nitrogens with zero attached hydrogens (tertiary/aromatic N) is 2. The molecule has 1 aromatic carbocycles. The smallest absolute Gasteiger partial charge is 0.320 e. The van der Waals surface area contributed by atoms with E-state index in [2.05, 4.69) is 32.0 Å². The van der Waals surface area contributed by atoms with E-state index in [4.69, 9.17) is 5.11 Å². The minimum absolute atomic E-state index is 0.0525. The summed E-state index contributed by atoms with van der Waals surface area (Å²) in [7, 11) is 1.85. The molecule has 1 aliphatic heterocycles. The van der Waals surface area contributed by atoms with Crippen molar-refractivity contribution >= 4 is 6.03 Å². The summed E-state index contributed by atoms with van der Waals surface area (Å²) >= 11 is 0. The Balaban J connectivity index is 2.16. The average molecular weight is 262 g/mol. The number of amides is 2. The van der Waals surface area contributed by atoms with Crippen molar-refractivity contribution in [1.29, 1.82) is 0 Å². The Kier molecular flexibility index (Phi) is 4.10. The van der Waals surface area contributed by atoms with Gasteiger partial charge in [0.05, 0.1) is 6.04 Å². The highest BCUT2D eigenvalue weighted by Gasteiger charge is 2.34. The Bertz CT molecular complexity index is 473. The minimum atomic E-state index is 0.0525. The quantitative estimate of drug-likeness (QED) is 0.903. The number of aliphatic hydroxyl groups is 1. The summed E-state index contributed by atoms with van der Waals surface area (Å²) in [5, 5.41) is 8.88. The van der Waals surface area contributed by atoms with Crippen molar-refractivity contribution in [2.24, 2.45) is 0 Å². The van der Waals surface area contributed by atoms with E-state index < -0.39 is 0 Å². The van der Waals surface area contributed by atoms with Gasteiger partial charge in [-0.1, -0.05) is 18.2 Å². The second kappa shape index (κ2) is 5.61. The third-order valence-corrected chi connectivity index (χ3v) is 3.93. The summed E-state index contributed by atoms with van der Waals surface area (Å²) in [5.41, 5.74) is 3.71.